The molecule has 0 aliphatic heterocycles. The number of benzene rings is 1. The molecule has 0 aliphatic rings. The molecule has 1 aromatic carbocycles. The van der Waals surface area contributed by atoms with Crippen molar-refractivity contribution in [3.8, 4) is 11.8 Å². The summed E-state index contributed by atoms with van der Waals surface area (Å²) in [6.45, 7) is 7.81. The second kappa shape index (κ2) is 8.02. The molecular formula is C19H24F3N3O2. The van der Waals surface area contributed by atoms with Crippen molar-refractivity contribution < 1.29 is 22.6 Å². The summed E-state index contributed by atoms with van der Waals surface area (Å²) in [7, 11) is 1.51. The maximum atomic E-state index is 13.5. The Morgan fingerprint density at radius 2 is 1.85 bits per heavy atom. The van der Waals surface area contributed by atoms with Gasteiger partial charge in [-0.3, -0.25) is 0 Å². The molecule has 5 nitrogen and oxygen atoms in total. The van der Waals surface area contributed by atoms with E-state index in [9.17, 15) is 13.2 Å². The number of anilines is 2. The van der Waals surface area contributed by atoms with Gasteiger partial charge in [0.1, 0.15) is 16.9 Å². The van der Waals surface area contributed by atoms with E-state index in [-0.39, 0.29) is 11.8 Å². The molecule has 2 aromatic rings. The Balaban J connectivity index is 2.45. The van der Waals surface area contributed by atoms with Crippen LogP contribution < -0.4 is 14.4 Å². The molecule has 0 saturated carbocycles. The van der Waals surface area contributed by atoms with Crippen LogP contribution in [-0.4, -0.2) is 29.2 Å². The summed E-state index contributed by atoms with van der Waals surface area (Å²) in [5, 5.41) is 0. The van der Waals surface area contributed by atoms with Crippen molar-refractivity contribution in [2.24, 2.45) is 0 Å². The molecule has 0 amide bonds. The van der Waals surface area contributed by atoms with E-state index >= 15 is 0 Å². The summed E-state index contributed by atoms with van der Waals surface area (Å²) in [4.78, 5) is 9.09. The Labute approximate surface area is 157 Å². The summed E-state index contributed by atoms with van der Waals surface area (Å²) < 4.78 is 51.5. The van der Waals surface area contributed by atoms with Gasteiger partial charge in [-0.1, -0.05) is 13.0 Å². The van der Waals surface area contributed by atoms with Crippen LogP contribution >= 0.6 is 0 Å². The van der Waals surface area contributed by atoms with Crippen molar-refractivity contribution in [3.05, 3.63) is 36.0 Å². The standard InChI is InChI=1S/C19H24F3N3O2/c1-6-10-26-14-9-7-8-13(11-14)25(5)16-15(19(20,21)22)12-23-17(24-16)27-18(2,3)4/h7-9,11-12H,6,10H2,1-5H3. The molecule has 27 heavy (non-hydrogen) atoms. The van der Waals surface area contributed by atoms with Gasteiger partial charge in [-0.15, -0.1) is 0 Å². The van der Waals surface area contributed by atoms with Gasteiger partial charge in [0.15, 0.2) is 5.82 Å². The van der Waals surface area contributed by atoms with Crippen molar-refractivity contribution in [2.45, 2.75) is 45.9 Å². The molecular weight excluding hydrogens is 359 g/mol. The van der Waals surface area contributed by atoms with Gasteiger partial charge in [-0.05, 0) is 39.3 Å². The van der Waals surface area contributed by atoms with Crippen molar-refractivity contribution in [2.75, 3.05) is 18.6 Å². The van der Waals surface area contributed by atoms with Gasteiger partial charge in [-0.2, -0.15) is 18.2 Å². The first-order chi connectivity index (χ1) is 12.5. The Bertz CT molecular complexity index is 774. The third-order valence-electron chi connectivity index (χ3n) is 3.44. The van der Waals surface area contributed by atoms with Gasteiger partial charge in [0.05, 0.1) is 6.61 Å². The molecule has 0 fully saturated rings. The second-order valence-electron chi connectivity index (χ2n) is 7.01. The lowest BCUT2D eigenvalue weighted by Crippen LogP contribution is -2.26. The molecule has 0 atom stereocenters. The van der Waals surface area contributed by atoms with Gasteiger partial charge in [0.25, 0.3) is 0 Å². The number of rotatable bonds is 6. The minimum Gasteiger partial charge on any atom is -0.494 e. The van der Waals surface area contributed by atoms with Crippen molar-refractivity contribution in [1.29, 1.82) is 0 Å². The molecule has 0 radical (unpaired) electrons. The van der Waals surface area contributed by atoms with Gasteiger partial charge in [0, 0.05) is 25.0 Å². The van der Waals surface area contributed by atoms with E-state index in [0.29, 0.717) is 18.0 Å². The van der Waals surface area contributed by atoms with Crippen LogP contribution in [0.1, 0.15) is 39.7 Å². The van der Waals surface area contributed by atoms with Crippen molar-refractivity contribution >= 4 is 11.5 Å². The summed E-state index contributed by atoms with van der Waals surface area (Å²) in [6.07, 6.45) is -3.02. The molecule has 148 valence electrons. The van der Waals surface area contributed by atoms with Gasteiger partial charge in [-0.25, -0.2) is 4.98 Å². The monoisotopic (exact) mass is 383 g/mol. The van der Waals surface area contributed by atoms with E-state index in [1.807, 2.05) is 6.92 Å². The number of nitrogens with zero attached hydrogens (tertiary/aromatic N) is 3. The number of aromatic nitrogens is 2. The van der Waals surface area contributed by atoms with Crippen LogP contribution in [-0.2, 0) is 6.18 Å². The van der Waals surface area contributed by atoms with Crippen LogP contribution in [0.5, 0.6) is 11.8 Å². The molecule has 0 spiro atoms. The van der Waals surface area contributed by atoms with E-state index in [1.54, 1.807) is 45.0 Å². The molecule has 0 saturated heterocycles. The molecule has 0 aliphatic carbocycles. The number of hydrogen-bond donors (Lipinski definition) is 0. The van der Waals surface area contributed by atoms with Crippen LogP contribution in [0, 0.1) is 0 Å². The Kier molecular flexibility index (Phi) is 6.18. The molecule has 1 aromatic heterocycles. The first kappa shape index (κ1) is 20.8. The maximum Gasteiger partial charge on any atom is 0.421 e. The summed E-state index contributed by atoms with van der Waals surface area (Å²) >= 11 is 0. The lowest BCUT2D eigenvalue weighted by molar-refractivity contribution is -0.137. The van der Waals surface area contributed by atoms with Crippen molar-refractivity contribution in [3.63, 3.8) is 0 Å². The highest BCUT2D eigenvalue weighted by molar-refractivity contribution is 5.64. The highest BCUT2D eigenvalue weighted by Gasteiger charge is 2.37. The van der Waals surface area contributed by atoms with E-state index in [4.69, 9.17) is 9.47 Å². The molecule has 0 N–H and O–H groups in total. The minimum absolute atomic E-state index is 0.115. The number of halogens is 3. The number of hydrogen-bond acceptors (Lipinski definition) is 5. The lowest BCUT2D eigenvalue weighted by atomic mass is 10.2. The Hall–Kier alpha value is -2.51. The first-order valence-corrected chi connectivity index (χ1v) is 8.61. The largest absolute Gasteiger partial charge is 0.494 e. The van der Waals surface area contributed by atoms with Gasteiger partial charge >= 0.3 is 12.2 Å². The summed E-state index contributed by atoms with van der Waals surface area (Å²) in [6, 6.07) is 6.72. The fourth-order valence-electron chi connectivity index (χ4n) is 2.26. The highest BCUT2D eigenvalue weighted by atomic mass is 19.4. The minimum atomic E-state index is -4.60. The molecule has 1 heterocycles. The normalized spacial score (nSPS) is 12.0. The quantitative estimate of drug-likeness (QED) is 0.684. The van der Waals surface area contributed by atoms with Crippen LogP contribution in [0.25, 0.3) is 0 Å². The van der Waals surface area contributed by atoms with E-state index in [2.05, 4.69) is 9.97 Å². The zero-order chi connectivity index (χ0) is 20.2. The number of alkyl halides is 3. The fourth-order valence-corrected chi connectivity index (χ4v) is 2.26. The van der Waals surface area contributed by atoms with Gasteiger partial charge in [0.2, 0.25) is 0 Å². The van der Waals surface area contributed by atoms with Gasteiger partial charge < -0.3 is 14.4 Å². The number of ether oxygens (including phenoxy) is 2. The summed E-state index contributed by atoms with van der Waals surface area (Å²) in [5.74, 6) is 0.291. The molecule has 8 heteroatoms. The average molecular weight is 383 g/mol. The van der Waals surface area contributed by atoms with Crippen LogP contribution in [0.4, 0.5) is 24.7 Å². The van der Waals surface area contributed by atoms with Crippen LogP contribution in [0.2, 0.25) is 0 Å². The Morgan fingerprint density at radius 3 is 2.44 bits per heavy atom. The fraction of sp³-hybridized carbons (Fsp3) is 0.474. The smallest absolute Gasteiger partial charge is 0.421 e. The van der Waals surface area contributed by atoms with E-state index in [0.717, 1.165) is 12.6 Å². The zero-order valence-electron chi connectivity index (χ0n) is 16.1. The van der Waals surface area contributed by atoms with Crippen molar-refractivity contribution in [1.82, 2.24) is 9.97 Å². The highest BCUT2D eigenvalue weighted by Crippen LogP contribution is 2.38. The molecule has 0 bridgehead atoms. The average Bonchev–Trinajstić information content (AvgIpc) is 2.57. The molecule has 2 rings (SSSR count). The van der Waals surface area contributed by atoms with E-state index in [1.165, 1.54) is 11.9 Å². The third kappa shape index (κ3) is 5.74. The predicted octanol–water partition coefficient (Wildman–Crippen LogP) is 5.23. The van der Waals surface area contributed by atoms with Crippen LogP contribution in [0.15, 0.2) is 30.5 Å². The Morgan fingerprint density at radius 1 is 1.15 bits per heavy atom. The lowest BCUT2D eigenvalue weighted by Gasteiger charge is -2.25. The SMILES string of the molecule is CCCOc1cccc(N(C)c2nc(OC(C)(C)C)ncc2C(F)(F)F)c1. The second-order valence-corrected chi connectivity index (χ2v) is 7.01. The van der Waals surface area contributed by atoms with Crippen LogP contribution in [0.3, 0.4) is 0 Å². The molecule has 0 unspecified atom stereocenters. The zero-order valence-corrected chi connectivity index (χ0v) is 16.1. The van der Waals surface area contributed by atoms with E-state index < -0.39 is 17.3 Å². The summed E-state index contributed by atoms with van der Waals surface area (Å²) in [5.41, 5.74) is -1.07. The predicted molar refractivity (Wildman–Crippen MR) is 97.7 cm³/mol. The topological polar surface area (TPSA) is 47.5 Å². The maximum absolute atomic E-state index is 13.5. The third-order valence-corrected chi connectivity index (χ3v) is 3.44. The first-order valence-electron chi connectivity index (χ1n) is 8.61.